The molecule has 206 valence electrons. The summed E-state index contributed by atoms with van der Waals surface area (Å²) < 4.78 is 4.01. The zero-order chi connectivity index (χ0) is 28.7. The zero-order valence-corrected chi connectivity index (χ0v) is 24.1. The molecule has 2 atom stereocenters. The second-order valence-corrected chi connectivity index (χ2v) is 11.1. The fourth-order valence-corrected chi connectivity index (χ4v) is 5.63. The number of carbonyl (C=O) groups excluding carboxylic acids is 2. The number of ether oxygens (including phenoxy) is 1. The van der Waals surface area contributed by atoms with E-state index in [4.69, 9.17) is 9.84 Å². The van der Waals surface area contributed by atoms with Crippen LogP contribution < -0.4 is 10.0 Å². The van der Waals surface area contributed by atoms with Crippen LogP contribution in [0.2, 0.25) is 0 Å². The number of rotatable bonds is 10. The van der Waals surface area contributed by atoms with Gasteiger partial charge in [-0.1, -0.05) is 113 Å². The van der Waals surface area contributed by atoms with Crippen LogP contribution in [-0.2, 0) is 14.3 Å². The SMILES string of the molecule is COC(=O)C1(CN(N=Cc2ccccc2)c2ccccc2)CC1(Br)C(=O)N(N=Cc1ccccc1)c1ccccc1. The van der Waals surface area contributed by atoms with E-state index in [-0.39, 0.29) is 18.9 Å². The Bertz CT molecular complexity index is 1530. The normalized spacial score (nSPS) is 19.7. The van der Waals surface area contributed by atoms with Gasteiger partial charge >= 0.3 is 5.97 Å². The van der Waals surface area contributed by atoms with Gasteiger partial charge in [-0.05, 0) is 41.8 Å². The minimum absolute atomic E-state index is 0.106. The second kappa shape index (κ2) is 12.3. The topological polar surface area (TPSA) is 74.6 Å². The van der Waals surface area contributed by atoms with Crippen LogP contribution in [0.4, 0.5) is 11.4 Å². The fraction of sp³-hybridized carbons (Fsp3) is 0.152. The van der Waals surface area contributed by atoms with Crippen LogP contribution in [0.25, 0.3) is 0 Å². The fourth-order valence-electron chi connectivity index (χ4n) is 4.69. The average molecular weight is 610 g/mol. The Kier molecular flexibility index (Phi) is 8.40. The molecule has 1 aliphatic carbocycles. The Morgan fingerprint density at radius 3 is 1.73 bits per heavy atom. The van der Waals surface area contributed by atoms with Crippen LogP contribution in [0.1, 0.15) is 17.5 Å². The standard InChI is InChI=1S/C33H29BrN4O3/c1-41-31(40)32(25-37(28-18-10-4-11-19-28)35-22-26-14-6-2-7-15-26)24-33(32,34)30(39)38(29-20-12-5-13-21-29)36-23-27-16-8-3-9-17-27/h2-23H,24-25H2,1H3. The quantitative estimate of drug-likeness (QED) is 0.0917. The molecular weight excluding hydrogens is 580 g/mol. The molecule has 1 saturated carbocycles. The largest absolute Gasteiger partial charge is 0.468 e. The van der Waals surface area contributed by atoms with Crippen molar-refractivity contribution in [2.45, 2.75) is 10.7 Å². The molecule has 41 heavy (non-hydrogen) atoms. The van der Waals surface area contributed by atoms with Crippen LogP contribution in [0.5, 0.6) is 0 Å². The van der Waals surface area contributed by atoms with Crippen LogP contribution in [0.3, 0.4) is 0 Å². The maximum Gasteiger partial charge on any atom is 0.315 e. The highest BCUT2D eigenvalue weighted by atomic mass is 79.9. The summed E-state index contributed by atoms with van der Waals surface area (Å²) in [5, 5.41) is 12.4. The van der Waals surface area contributed by atoms with E-state index in [1.54, 1.807) is 29.6 Å². The number of benzene rings is 4. The lowest BCUT2D eigenvalue weighted by Gasteiger charge is -2.28. The summed E-state index contributed by atoms with van der Waals surface area (Å²) in [6.07, 6.45) is 3.57. The first-order valence-electron chi connectivity index (χ1n) is 13.1. The van der Waals surface area contributed by atoms with Gasteiger partial charge < -0.3 is 4.74 Å². The van der Waals surface area contributed by atoms with Gasteiger partial charge in [0.15, 0.2) is 0 Å². The molecule has 1 amide bonds. The van der Waals surface area contributed by atoms with Gasteiger partial charge in [-0.15, -0.1) is 0 Å². The third-order valence-electron chi connectivity index (χ3n) is 7.03. The van der Waals surface area contributed by atoms with E-state index in [0.29, 0.717) is 5.69 Å². The van der Waals surface area contributed by atoms with E-state index < -0.39 is 15.7 Å². The maximum absolute atomic E-state index is 14.3. The molecule has 4 aromatic rings. The summed E-state index contributed by atoms with van der Waals surface area (Å²) in [6, 6.07) is 37.9. The Balaban J connectivity index is 1.50. The van der Waals surface area contributed by atoms with Crippen molar-refractivity contribution in [1.82, 2.24) is 0 Å². The smallest absolute Gasteiger partial charge is 0.315 e. The van der Waals surface area contributed by atoms with E-state index in [0.717, 1.165) is 16.8 Å². The van der Waals surface area contributed by atoms with Crippen LogP contribution >= 0.6 is 15.9 Å². The summed E-state index contributed by atoms with van der Waals surface area (Å²) in [4.78, 5) is 27.7. The first-order chi connectivity index (χ1) is 20.0. The predicted octanol–water partition coefficient (Wildman–Crippen LogP) is 6.29. The van der Waals surface area contributed by atoms with E-state index in [2.05, 4.69) is 21.0 Å². The number of amides is 1. The number of alkyl halides is 1. The van der Waals surface area contributed by atoms with Gasteiger partial charge in [0.05, 0.1) is 37.5 Å². The first kappa shape index (κ1) is 28.0. The van der Waals surface area contributed by atoms with Crippen LogP contribution in [0, 0.1) is 5.41 Å². The number of esters is 1. The molecule has 0 N–H and O–H groups in total. The molecule has 1 fully saturated rings. The summed E-state index contributed by atoms with van der Waals surface area (Å²) in [5.74, 6) is -0.875. The predicted molar refractivity (Wildman–Crippen MR) is 167 cm³/mol. The molecule has 0 bridgehead atoms. The summed E-state index contributed by atoms with van der Waals surface area (Å²) in [6.45, 7) is 0.106. The van der Waals surface area contributed by atoms with Crippen molar-refractivity contribution in [1.29, 1.82) is 0 Å². The maximum atomic E-state index is 14.3. The van der Waals surface area contributed by atoms with E-state index >= 15 is 0 Å². The van der Waals surface area contributed by atoms with Crippen molar-refractivity contribution < 1.29 is 14.3 Å². The minimum Gasteiger partial charge on any atom is -0.468 e. The molecule has 1 aliphatic rings. The first-order valence-corrected chi connectivity index (χ1v) is 13.9. The third kappa shape index (κ3) is 5.98. The monoisotopic (exact) mass is 608 g/mol. The van der Waals surface area contributed by atoms with Gasteiger partial charge in [0.1, 0.15) is 9.74 Å². The van der Waals surface area contributed by atoms with E-state index in [1.165, 1.54) is 12.1 Å². The van der Waals surface area contributed by atoms with Crippen molar-refractivity contribution in [3.8, 4) is 0 Å². The van der Waals surface area contributed by atoms with Crippen molar-refractivity contribution >= 4 is 51.6 Å². The van der Waals surface area contributed by atoms with E-state index in [9.17, 15) is 9.59 Å². The number of halogens is 1. The van der Waals surface area contributed by atoms with Gasteiger partial charge in [0.2, 0.25) is 0 Å². The van der Waals surface area contributed by atoms with Gasteiger partial charge in [0, 0.05) is 0 Å². The van der Waals surface area contributed by atoms with Gasteiger partial charge in [-0.3, -0.25) is 14.6 Å². The van der Waals surface area contributed by atoms with Gasteiger partial charge in [0.25, 0.3) is 5.91 Å². The molecule has 8 heteroatoms. The Morgan fingerprint density at radius 2 is 1.22 bits per heavy atom. The summed E-state index contributed by atoms with van der Waals surface area (Å²) in [5.41, 5.74) is 1.88. The molecule has 0 heterocycles. The lowest BCUT2D eigenvalue weighted by molar-refractivity contribution is -0.147. The Hall–Kier alpha value is -4.56. The van der Waals surface area contributed by atoms with Crippen LogP contribution in [-0.4, -0.2) is 42.3 Å². The third-order valence-corrected chi connectivity index (χ3v) is 8.41. The summed E-state index contributed by atoms with van der Waals surface area (Å²) in [7, 11) is 1.34. The van der Waals surface area contributed by atoms with Crippen molar-refractivity contribution in [2.75, 3.05) is 23.7 Å². The Morgan fingerprint density at radius 1 is 0.756 bits per heavy atom. The number of hydrogen-bond acceptors (Lipinski definition) is 6. The number of methoxy groups -OCH3 is 1. The molecule has 0 aromatic heterocycles. The molecule has 7 nitrogen and oxygen atoms in total. The minimum atomic E-state index is -1.27. The lowest BCUT2D eigenvalue weighted by Crippen LogP contribution is -2.44. The molecule has 0 radical (unpaired) electrons. The second-order valence-electron chi connectivity index (χ2n) is 9.71. The van der Waals surface area contributed by atoms with Crippen molar-refractivity contribution in [3.63, 3.8) is 0 Å². The molecule has 0 spiro atoms. The highest BCUT2D eigenvalue weighted by Crippen LogP contribution is 2.64. The zero-order valence-electron chi connectivity index (χ0n) is 22.5. The molecule has 5 rings (SSSR count). The van der Waals surface area contributed by atoms with Crippen molar-refractivity contribution in [2.24, 2.45) is 15.6 Å². The average Bonchev–Trinajstić information content (AvgIpc) is 3.66. The number of hydrogen-bond donors (Lipinski definition) is 0. The molecule has 0 saturated heterocycles. The molecule has 0 aliphatic heterocycles. The van der Waals surface area contributed by atoms with Gasteiger partial charge in [-0.2, -0.15) is 15.2 Å². The molecule has 2 unspecified atom stereocenters. The Labute approximate surface area is 247 Å². The van der Waals surface area contributed by atoms with Crippen LogP contribution in [0.15, 0.2) is 132 Å². The summed E-state index contributed by atoms with van der Waals surface area (Å²) >= 11 is 3.70. The number of nitrogens with zero attached hydrogens (tertiary/aromatic N) is 4. The van der Waals surface area contributed by atoms with Crippen molar-refractivity contribution in [3.05, 3.63) is 132 Å². The molecule has 4 aromatic carbocycles. The number of carbonyl (C=O) groups is 2. The number of anilines is 2. The van der Waals surface area contributed by atoms with Gasteiger partial charge in [-0.25, -0.2) is 0 Å². The number of hydrazone groups is 2. The number of para-hydroxylation sites is 2. The molecular formula is C33H29BrN4O3. The lowest BCUT2D eigenvalue weighted by atomic mass is 10.0. The van der Waals surface area contributed by atoms with E-state index in [1.807, 2.05) is 109 Å². The highest BCUT2D eigenvalue weighted by Gasteiger charge is 2.77. The highest BCUT2D eigenvalue weighted by molar-refractivity contribution is 9.10.